The van der Waals surface area contributed by atoms with Gasteiger partial charge in [0.05, 0.1) is 0 Å². The van der Waals surface area contributed by atoms with Gasteiger partial charge in [-0.3, -0.25) is 0 Å². The molecule has 0 unspecified atom stereocenters. The van der Waals surface area contributed by atoms with Crippen molar-refractivity contribution >= 4 is 15.8 Å². The first-order valence-electron chi connectivity index (χ1n) is 4.71. The summed E-state index contributed by atoms with van der Waals surface area (Å²) < 4.78 is 26.2. The highest BCUT2D eigenvalue weighted by Gasteiger charge is 2.21. The number of nitrogens with two attached hydrogens (primary N) is 1. The van der Waals surface area contributed by atoms with Crippen LogP contribution < -0.4 is 16.0 Å². The Balaban J connectivity index is 2.99. The van der Waals surface area contributed by atoms with Crippen molar-refractivity contribution in [2.75, 3.05) is 5.43 Å². The first kappa shape index (κ1) is 12.9. The maximum atomic E-state index is 11.8. The summed E-state index contributed by atoms with van der Waals surface area (Å²) in [5.74, 6) is 5.54. The van der Waals surface area contributed by atoms with E-state index in [9.17, 15) is 8.42 Å². The van der Waals surface area contributed by atoms with Crippen LogP contribution in [0.3, 0.4) is 0 Å². The lowest BCUT2D eigenvalue weighted by Crippen LogP contribution is -2.40. The minimum absolute atomic E-state index is 0.112. The number of hydrazine groups is 1. The molecule has 16 heavy (non-hydrogen) atoms. The van der Waals surface area contributed by atoms with Crippen LogP contribution in [-0.4, -0.2) is 18.9 Å². The molecule has 7 heteroatoms. The SMILES string of the molecule is CC(C)(C)NS(=O)(=O)c1ccc(NN)nc1. The molecule has 1 heterocycles. The molecule has 0 aliphatic carbocycles. The van der Waals surface area contributed by atoms with Crippen LogP contribution in [0.5, 0.6) is 0 Å². The van der Waals surface area contributed by atoms with E-state index in [1.807, 2.05) is 0 Å². The van der Waals surface area contributed by atoms with E-state index in [4.69, 9.17) is 5.84 Å². The Hall–Kier alpha value is -1.18. The summed E-state index contributed by atoms with van der Waals surface area (Å²) in [7, 11) is -3.52. The number of hydrogen-bond acceptors (Lipinski definition) is 5. The molecule has 4 N–H and O–H groups in total. The lowest BCUT2D eigenvalue weighted by Gasteiger charge is -2.20. The van der Waals surface area contributed by atoms with Crippen molar-refractivity contribution in [3.8, 4) is 0 Å². The Morgan fingerprint density at radius 2 is 1.94 bits per heavy atom. The van der Waals surface area contributed by atoms with E-state index < -0.39 is 15.6 Å². The van der Waals surface area contributed by atoms with Gasteiger partial charge in [0.2, 0.25) is 10.0 Å². The smallest absolute Gasteiger partial charge is 0.242 e. The summed E-state index contributed by atoms with van der Waals surface area (Å²) in [5.41, 5.74) is 1.80. The van der Waals surface area contributed by atoms with Gasteiger partial charge in [-0.05, 0) is 32.9 Å². The van der Waals surface area contributed by atoms with Crippen LogP contribution in [0.1, 0.15) is 20.8 Å². The number of nitrogen functional groups attached to an aromatic ring is 1. The van der Waals surface area contributed by atoms with Crippen LogP contribution in [0.4, 0.5) is 5.82 Å². The van der Waals surface area contributed by atoms with Crippen molar-refractivity contribution in [3.05, 3.63) is 18.3 Å². The molecule has 0 aliphatic heterocycles. The third kappa shape index (κ3) is 3.44. The van der Waals surface area contributed by atoms with Gasteiger partial charge in [0.25, 0.3) is 0 Å². The van der Waals surface area contributed by atoms with E-state index in [-0.39, 0.29) is 4.90 Å². The number of nitrogens with zero attached hydrogens (tertiary/aromatic N) is 1. The molecule has 0 bridgehead atoms. The van der Waals surface area contributed by atoms with Crippen molar-refractivity contribution in [3.63, 3.8) is 0 Å². The Morgan fingerprint density at radius 1 is 1.31 bits per heavy atom. The Labute approximate surface area is 95.3 Å². The summed E-state index contributed by atoms with van der Waals surface area (Å²) in [6.07, 6.45) is 1.25. The summed E-state index contributed by atoms with van der Waals surface area (Å²) >= 11 is 0. The van der Waals surface area contributed by atoms with E-state index in [0.29, 0.717) is 5.82 Å². The molecule has 0 aliphatic rings. The maximum absolute atomic E-state index is 11.8. The summed E-state index contributed by atoms with van der Waals surface area (Å²) in [6, 6.07) is 2.94. The van der Waals surface area contributed by atoms with E-state index in [0.717, 1.165) is 0 Å². The van der Waals surface area contributed by atoms with Gasteiger partial charge >= 0.3 is 0 Å². The standard InChI is InChI=1S/C9H16N4O2S/c1-9(2,3)13-16(14,15)7-4-5-8(12-10)11-6-7/h4-6,13H,10H2,1-3H3,(H,11,12). The third-order valence-corrected chi connectivity index (χ3v) is 3.38. The van der Waals surface area contributed by atoms with E-state index >= 15 is 0 Å². The van der Waals surface area contributed by atoms with Gasteiger partial charge in [-0.1, -0.05) is 0 Å². The highest BCUT2D eigenvalue weighted by atomic mass is 32.2. The average molecular weight is 244 g/mol. The van der Waals surface area contributed by atoms with Gasteiger partial charge in [-0.2, -0.15) is 0 Å². The average Bonchev–Trinajstić information content (AvgIpc) is 2.14. The zero-order valence-corrected chi connectivity index (χ0v) is 10.3. The normalized spacial score (nSPS) is 12.5. The molecule has 0 amide bonds. The quantitative estimate of drug-likeness (QED) is 0.529. The molecular formula is C9H16N4O2S. The summed E-state index contributed by atoms with van der Waals surface area (Å²) in [6.45, 7) is 5.31. The molecule has 0 fully saturated rings. The minimum atomic E-state index is -3.52. The molecule has 90 valence electrons. The van der Waals surface area contributed by atoms with Crippen LogP contribution in [0.2, 0.25) is 0 Å². The predicted molar refractivity (Wildman–Crippen MR) is 62.1 cm³/mol. The second kappa shape index (κ2) is 4.36. The van der Waals surface area contributed by atoms with E-state index in [2.05, 4.69) is 15.1 Å². The van der Waals surface area contributed by atoms with Crippen molar-refractivity contribution in [1.82, 2.24) is 9.71 Å². The van der Waals surface area contributed by atoms with Gasteiger partial charge in [0, 0.05) is 11.7 Å². The van der Waals surface area contributed by atoms with Crippen LogP contribution in [0.15, 0.2) is 23.2 Å². The summed E-state index contributed by atoms with van der Waals surface area (Å²) in [5, 5.41) is 0. The van der Waals surface area contributed by atoms with E-state index in [1.54, 1.807) is 20.8 Å². The first-order valence-corrected chi connectivity index (χ1v) is 6.19. The molecule has 0 saturated carbocycles. The topological polar surface area (TPSA) is 97.1 Å². The summed E-state index contributed by atoms with van der Waals surface area (Å²) in [4.78, 5) is 3.95. The number of pyridine rings is 1. The number of aromatic nitrogens is 1. The monoisotopic (exact) mass is 244 g/mol. The van der Waals surface area contributed by atoms with Crippen LogP contribution in [0, 0.1) is 0 Å². The number of hydrogen-bond donors (Lipinski definition) is 3. The Bertz CT molecular complexity index is 447. The number of sulfonamides is 1. The van der Waals surface area contributed by atoms with Gasteiger partial charge < -0.3 is 5.43 Å². The fourth-order valence-corrected chi connectivity index (χ4v) is 2.45. The fraction of sp³-hybridized carbons (Fsp3) is 0.444. The zero-order valence-electron chi connectivity index (χ0n) is 9.48. The molecule has 0 spiro atoms. The molecular weight excluding hydrogens is 228 g/mol. The number of nitrogens with one attached hydrogen (secondary N) is 2. The predicted octanol–water partition coefficient (Wildman–Crippen LogP) is 0.444. The van der Waals surface area contributed by atoms with Crippen LogP contribution >= 0.6 is 0 Å². The van der Waals surface area contributed by atoms with Gasteiger partial charge in [-0.25, -0.2) is 24.0 Å². The second-order valence-corrected chi connectivity index (χ2v) is 6.06. The molecule has 6 nitrogen and oxygen atoms in total. The number of rotatable bonds is 3. The Morgan fingerprint density at radius 3 is 2.31 bits per heavy atom. The molecule has 1 aromatic rings. The highest BCUT2D eigenvalue weighted by Crippen LogP contribution is 2.13. The van der Waals surface area contributed by atoms with Crippen LogP contribution in [-0.2, 0) is 10.0 Å². The van der Waals surface area contributed by atoms with Crippen molar-refractivity contribution < 1.29 is 8.42 Å². The largest absolute Gasteiger partial charge is 0.308 e. The fourth-order valence-electron chi connectivity index (χ4n) is 1.09. The zero-order chi connectivity index (χ0) is 12.4. The number of anilines is 1. The van der Waals surface area contributed by atoms with Gasteiger partial charge in [-0.15, -0.1) is 0 Å². The highest BCUT2D eigenvalue weighted by molar-refractivity contribution is 7.89. The second-order valence-electron chi connectivity index (χ2n) is 4.38. The molecule has 1 rings (SSSR count). The van der Waals surface area contributed by atoms with Crippen LogP contribution in [0.25, 0.3) is 0 Å². The minimum Gasteiger partial charge on any atom is -0.308 e. The molecule has 0 aromatic carbocycles. The van der Waals surface area contributed by atoms with Gasteiger partial charge in [0.1, 0.15) is 10.7 Å². The van der Waals surface area contributed by atoms with E-state index in [1.165, 1.54) is 18.3 Å². The van der Waals surface area contributed by atoms with Crippen molar-refractivity contribution in [2.45, 2.75) is 31.2 Å². The molecule has 1 aromatic heterocycles. The first-order chi connectivity index (χ1) is 7.24. The molecule has 0 atom stereocenters. The van der Waals surface area contributed by atoms with Gasteiger partial charge in [0.15, 0.2) is 0 Å². The molecule has 0 saturated heterocycles. The lowest BCUT2D eigenvalue weighted by molar-refractivity contribution is 0.491. The van der Waals surface area contributed by atoms with Crippen molar-refractivity contribution in [2.24, 2.45) is 5.84 Å². The van der Waals surface area contributed by atoms with Crippen molar-refractivity contribution in [1.29, 1.82) is 0 Å². The third-order valence-electron chi connectivity index (χ3n) is 1.64. The lowest BCUT2D eigenvalue weighted by atomic mass is 10.1. The maximum Gasteiger partial charge on any atom is 0.242 e. The Kier molecular flexibility index (Phi) is 3.51. The molecule has 0 radical (unpaired) electrons.